The predicted octanol–water partition coefficient (Wildman–Crippen LogP) is 2.12. The van der Waals surface area contributed by atoms with Gasteiger partial charge < -0.3 is 11.1 Å². The number of nitrogens with one attached hydrogen (secondary N) is 1. The molecule has 0 aliphatic rings. The number of amides is 1. The minimum atomic E-state index is -1.08. The largest absolute Gasteiger partial charge is 0.397 e. The van der Waals surface area contributed by atoms with Crippen molar-refractivity contribution in [2.75, 3.05) is 11.1 Å². The number of halogens is 2. The third-order valence-corrected chi connectivity index (χ3v) is 2.41. The van der Waals surface area contributed by atoms with E-state index in [1.165, 1.54) is 18.3 Å². The summed E-state index contributed by atoms with van der Waals surface area (Å²) in [4.78, 5) is 15.6. The summed E-state index contributed by atoms with van der Waals surface area (Å²) in [5.74, 6) is -2.58. The highest BCUT2D eigenvalue weighted by Gasteiger charge is 2.11. The number of nitrogens with two attached hydrogens (primary N) is 1. The Bertz CT molecular complexity index is 599. The monoisotopic (exact) mass is 263 g/mol. The summed E-state index contributed by atoms with van der Waals surface area (Å²) < 4.78 is 26.3. The number of anilines is 2. The smallest absolute Gasteiger partial charge is 0.230 e. The van der Waals surface area contributed by atoms with Crippen LogP contribution in [0.1, 0.15) is 5.69 Å². The van der Waals surface area contributed by atoms with Gasteiger partial charge in [0.05, 0.1) is 24.0 Å². The van der Waals surface area contributed by atoms with E-state index in [-0.39, 0.29) is 12.1 Å². The van der Waals surface area contributed by atoms with E-state index in [2.05, 4.69) is 10.3 Å². The summed E-state index contributed by atoms with van der Waals surface area (Å²) in [6.45, 7) is 0. The number of aromatic nitrogens is 1. The fourth-order valence-electron chi connectivity index (χ4n) is 1.50. The molecule has 1 aromatic carbocycles. The van der Waals surface area contributed by atoms with Gasteiger partial charge in [-0.05, 0) is 24.3 Å². The maximum Gasteiger partial charge on any atom is 0.230 e. The van der Waals surface area contributed by atoms with Crippen LogP contribution in [0.3, 0.4) is 0 Å². The first-order valence-corrected chi connectivity index (χ1v) is 5.50. The van der Waals surface area contributed by atoms with Crippen LogP contribution in [0.15, 0.2) is 36.5 Å². The van der Waals surface area contributed by atoms with Gasteiger partial charge in [-0.3, -0.25) is 9.78 Å². The van der Waals surface area contributed by atoms with Crippen molar-refractivity contribution in [3.63, 3.8) is 0 Å². The highest BCUT2D eigenvalue weighted by Crippen LogP contribution is 2.16. The van der Waals surface area contributed by atoms with Crippen molar-refractivity contribution < 1.29 is 13.6 Å². The summed E-state index contributed by atoms with van der Waals surface area (Å²) in [6, 6.07) is 6.78. The number of benzene rings is 1. The number of nitrogen functional groups attached to an aromatic ring is 1. The van der Waals surface area contributed by atoms with E-state index in [1.54, 1.807) is 12.1 Å². The Hall–Kier alpha value is -2.50. The van der Waals surface area contributed by atoms with Crippen LogP contribution in [0.2, 0.25) is 0 Å². The molecule has 1 amide bonds. The number of rotatable bonds is 3. The van der Waals surface area contributed by atoms with Gasteiger partial charge in [-0.15, -0.1) is 0 Å². The number of nitrogens with zero attached hydrogens (tertiary/aromatic N) is 1. The average molecular weight is 263 g/mol. The Morgan fingerprint density at radius 2 is 2.05 bits per heavy atom. The zero-order chi connectivity index (χ0) is 13.8. The number of carbonyl (C=O) groups is 1. The predicted molar refractivity (Wildman–Crippen MR) is 67.3 cm³/mol. The van der Waals surface area contributed by atoms with Crippen LogP contribution >= 0.6 is 0 Å². The Kier molecular flexibility index (Phi) is 3.70. The van der Waals surface area contributed by atoms with E-state index < -0.39 is 17.5 Å². The SMILES string of the molecule is Nc1ccc(CC(=O)Nc2cccc(F)c2F)nc1. The molecule has 0 atom stereocenters. The Balaban J connectivity index is 2.05. The van der Waals surface area contributed by atoms with Crippen LogP contribution in [0.25, 0.3) is 0 Å². The van der Waals surface area contributed by atoms with E-state index in [0.29, 0.717) is 11.4 Å². The molecule has 1 heterocycles. The number of carbonyl (C=O) groups excluding carboxylic acids is 1. The standard InChI is InChI=1S/C13H11F2N3O/c14-10-2-1-3-11(13(10)15)18-12(19)6-9-5-4-8(16)7-17-9/h1-5,7H,6,16H2,(H,18,19). The van der Waals surface area contributed by atoms with Crippen LogP contribution in [0.4, 0.5) is 20.2 Å². The highest BCUT2D eigenvalue weighted by atomic mass is 19.2. The van der Waals surface area contributed by atoms with Gasteiger partial charge in [-0.25, -0.2) is 8.78 Å². The first-order valence-electron chi connectivity index (χ1n) is 5.50. The summed E-state index contributed by atoms with van der Waals surface area (Å²) in [7, 11) is 0. The quantitative estimate of drug-likeness (QED) is 0.891. The molecule has 0 fully saturated rings. The van der Waals surface area contributed by atoms with Gasteiger partial charge >= 0.3 is 0 Å². The van der Waals surface area contributed by atoms with Gasteiger partial charge in [0, 0.05) is 5.69 Å². The first-order chi connectivity index (χ1) is 9.06. The summed E-state index contributed by atoms with van der Waals surface area (Å²) in [5, 5.41) is 2.29. The number of pyridine rings is 1. The topological polar surface area (TPSA) is 68.0 Å². The maximum atomic E-state index is 13.3. The lowest BCUT2D eigenvalue weighted by Gasteiger charge is -2.06. The van der Waals surface area contributed by atoms with E-state index >= 15 is 0 Å². The fraction of sp³-hybridized carbons (Fsp3) is 0.0769. The fourth-order valence-corrected chi connectivity index (χ4v) is 1.50. The Labute approximate surface area is 108 Å². The zero-order valence-corrected chi connectivity index (χ0v) is 9.86. The molecule has 2 rings (SSSR count). The zero-order valence-electron chi connectivity index (χ0n) is 9.86. The molecule has 2 aromatic rings. The molecule has 0 saturated carbocycles. The molecule has 98 valence electrons. The molecule has 3 N–H and O–H groups in total. The third kappa shape index (κ3) is 3.25. The number of hydrogen-bond acceptors (Lipinski definition) is 3. The first kappa shape index (κ1) is 12.9. The lowest BCUT2D eigenvalue weighted by Crippen LogP contribution is -2.16. The van der Waals surface area contributed by atoms with Crippen molar-refractivity contribution >= 4 is 17.3 Å². The molecule has 0 bridgehead atoms. The van der Waals surface area contributed by atoms with Crippen LogP contribution in [-0.4, -0.2) is 10.9 Å². The molecule has 1 aromatic heterocycles. The molecular formula is C13H11F2N3O. The van der Waals surface area contributed by atoms with Crippen molar-refractivity contribution in [2.24, 2.45) is 0 Å². The van der Waals surface area contributed by atoms with Crippen molar-refractivity contribution in [1.29, 1.82) is 0 Å². The van der Waals surface area contributed by atoms with Crippen LogP contribution in [0.5, 0.6) is 0 Å². The van der Waals surface area contributed by atoms with E-state index in [0.717, 1.165) is 6.07 Å². The molecule has 4 nitrogen and oxygen atoms in total. The lowest BCUT2D eigenvalue weighted by atomic mass is 10.2. The van der Waals surface area contributed by atoms with E-state index in [1.807, 2.05) is 0 Å². The second-order valence-electron chi connectivity index (χ2n) is 3.91. The van der Waals surface area contributed by atoms with E-state index in [9.17, 15) is 13.6 Å². The maximum absolute atomic E-state index is 13.3. The molecule has 6 heteroatoms. The van der Waals surface area contributed by atoms with Gasteiger partial charge in [-0.1, -0.05) is 6.07 Å². The number of hydrogen-bond donors (Lipinski definition) is 2. The van der Waals surface area contributed by atoms with Crippen molar-refractivity contribution in [2.45, 2.75) is 6.42 Å². The second kappa shape index (κ2) is 5.43. The molecular weight excluding hydrogens is 252 g/mol. The minimum absolute atomic E-state index is 0.0454. The summed E-state index contributed by atoms with van der Waals surface area (Å²) >= 11 is 0. The van der Waals surface area contributed by atoms with Gasteiger partial charge in [-0.2, -0.15) is 0 Å². The molecule has 19 heavy (non-hydrogen) atoms. The lowest BCUT2D eigenvalue weighted by molar-refractivity contribution is -0.115. The summed E-state index contributed by atoms with van der Waals surface area (Å²) in [5.41, 5.74) is 6.24. The van der Waals surface area contributed by atoms with Gasteiger partial charge in [0.15, 0.2) is 11.6 Å². The minimum Gasteiger partial charge on any atom is -0.397 e. The molecule has 0 aliphatic heterocycles. The Morgan fingerprint density at radius 3 is 2.74 bits per heavy atom. The molecule has 0 radical (unpaired) electrons. The van der Waals surface area contributed by atoms with Gasteiger partial charge in [0.2, 0.25) is 5.91 Å². The van der Waals surface area contributed by atoms with Crippen LogP contribution in [-0.2, 0) is 11.2 Å². The average Bonchev–Trinajstić information content (AvgIpc) is 2.38. The summed E-state index contributed by atoms with van der Waals surface area (Å²) in [6.07, 6.45) is 1.38. The van der Waals surface area contributed by atoms with Crippen molar-refractivity contribution in [1.82, 2.24) is 4.98 Å². The van der Waals surface area contributed by atoms with Crippen molar-refractivity contribution in [3.8, 4) is 0 Å². The molecule has 0 saturated heterocycles. The molecule has 0 unspecified atom stereocenters. The normalized spacial score (nSPS) is 10.2. The molecule has 0 spiro atoms. The van der Waals surface area contributed by atoms with Crippen LogP contribution < -0.4 is 11.1 Å². The highest BCUT2D eigenvalue weighted by molar-refractivity contribution is 5.92. The van der Waals surface area contributed by atoms with Crippen molar-refractivity contribution in [3.05, 3.63) is 53.9 Å². The van der Waals surface area contributed by atoms with Crippen LogP contribution in [0, 0.1) is 11.6 Å². The third-order valence-electron chi connectivity index (χ3n) is 2.41. The Morgan fingerprint density at radius 1 is 1.26 bits per heavy atom. The second-order valence-corrected chi connectivity index (χ2v) is 3.91. The molecule has 0 aliphatic carbocycles. The van der Waals surface area contributed by atoms with Gasteiger partial charge in [0.1, 0.15) is 0 Å². The van der Waals surface area contributed by atoms with Gasteiger partial charge in [0.25, 0.3) is 0 Å². The van der Waals surface area contributed by atoms with E-state index in [4.69, 9.17) is 5.73 Å².